The van der Waals surface area contributed by atoms with E-state index in [0.29, 0.717) is 11.4 Å². The van der Waals surface area contributed by atoms with Crippen molar-refractivity contribution < 1.29 is 23.5 Å². The van der Waals surface area contributed by atoms with Crippen LogP contribution in [0.25, 0.3) is 0 Å². The summed E-state index contributed by atoms with van der Waals surface area (Å²) in [7, 11) is 1.23. The summed E-state index contributed by atoms with van der Waals surface area (Å²) < 4.78 is 23.1. The normalized spacial score (nSPS) is 12.3. The number of methoxy groups -OCH3 is 1. The van der Waals surface area contributed by atoms with Crippen molar-refractivity contribution in [1.82, 2.24) is 10.3 Å². The Morgan fingerprint density at radius 2 is 2.10 bits per heavy atom. The van der Waals surface area contributed by atoms with Crippen molar-refractivity contribution in [3.05, 3.63) is 83.3 Å². The van der Waals surface area contributed by atoms with Gasteiger partial charge in [-0.2, -0.15) is 0 Å². The van der Waals surface area contributed by atoms with Crippen LogP contribution in [0, 0.1) is 5.82 Å². The number of aromatic nitrogens is 1. The summed E-state index contributed by atoms with van der Waals surface area (Å²) in [4.78, 5) is 28.5. The Morgan fingerprint density at radius 3 is 2.73 bits per heavy atom. The molecule has 1 unspecified atom stereocenters. The molecular formula is C21H21ClFN3O4. The van der Waals surface area contributed by atoms with E-state index < -0.39 is 23.7 Å². The van der Waals surface area contributed by atoms with Gasteiger partial charge in [-0.05, 0) is 49.5 Å². The van der Waals surface area contributed by atoms with Gasteiger partial charge in [0.05, 0.1) is 24.4 Å². The van der Waals surface area contributed by atoms with E-state index in [2.05, 4.69) is 15.6 Å². The molecule has 0 aliphatic rings. The van der Waals surface area contributed by atoms with Gasteiger partial charge in [0, 0.05) is 18.1 Å². The van der Waals surface area contributed by atoms with Gasteiger partial charge in [0.1, 0.15) is 17.4 Å². The summed E-state index contributed by atoms with van der Waals surface area (Å²) >= 11 is 5.75. The van der Waals surface area contributed by atoms with Gasteiger partial charge >= 0.3 is 11.9 Å². The van der Waals surface area contributed by atoms with Crippen molar-refractivity contribution in [2.75, 3.05) is 19.0 Å². The van der Waals surface area contributed by atoms with E-state index in [-0.39, 0.29) is 17.3 Å². The monoisotopic (exact) mass is 433 g/mol. The van der Waals surface area contributed by atoms with Crippen molar-refractivity contribution in [2.24, 2.45) is 0 Å². The Morgan fingerprint density at radius 1 is 1.30 bits per heavy atom. The van der Waals surface area contributed by atoms with Crippen LogP contribution in [0.2, 0.25) is 5.02 Å². The molecule has 0 saturated carbocycles. The fraction of sp³-hybridized carbons (Fsp3) is 0.190. The average molecular weight is 434 g/mol. The van der Waals surface area contributed by atoms with Crippen molar-refractivity contribution in [3.8, 4) is 0 Å². The van der Waals surface area contributed by atoms with Crippen molar-refractivity contribution >= 4 is 29.2 Å². The number of carbonyl (C=O) groups excluding carboxylic acids is 2. The van der Waals surface area contributed by atoms with E-state index in [0.717, 1.165) is 0 Å². The van der Waals surface area contributed by atoms with Gasteiger partial charge in [0.25, 0.3) is 0 Å². The van der Waals surface area contributed by atoms with Gasteiger partial charge in [0.15, 0.2) is 0 Å². The molecule has 0 amide bonds. The average Bonchev–Trinajstić information content (AvgIpc) is 2.75. The molecular weight excluding hydrogens is 413 g/mol. The van der Waals surface area contributed by atoms with Crippen LogP contribution in [-0.4, -0.2) is 30.6 Å². The molecule has 30 heavy (non-hydrogen) atoms. The lowest BCUT2D eigenvalue weighted by Gasteiger charge is -2.12. The van der Waals surface area contributed by atoms with E-state index >= 15 is 0 Å². The first kappa shape index (κ1) is 22.9. The van der Waals surface area contributed by atoms with Gasteiger partial charge in [-0.15, -0.1) is 0 Å². The summed E-state index contributed by atoms with van der Waals surface area (Å²) in [5.74, 6) is -2.45. The largest absolute Gasteiger partial charge is 0.465 e. The summed E-state index contributed by atoms with van der Waals surface area (Å²) in [5, 5.41) is 5.53. The second-order valence-electron chi connectivity index (χ2n) is 5.81. The highest BCUT2D eigenvalue weighted by Gasteiger charge is 2.20. The standard InChI is InChI=1S/C21H21ClFN3O4/c1-3-30-20(27)15(18-6-4-5-10-24-18)9-11-25-19(21(28)29-2)13-26-14-7-8-17(23)16(22)12-14/h4-13,15,25-26H,3H2,1-2H3/b11-9+,19-13+. The Bertz CT molecular complexity index is 935. The van der Waals surface area contributed by atoms with Crippen LogP contribution in [0.15, 0.2) is 66.8 Å². The number of rotatable bonds is 9. The molecule has 0 saturated heterocycles. The molecule has 0 aliphatic heterocycles. The van der Waals surface area contributed by atoms with Gasteiger partial charge in [-0.25, -0.2) is 9.18 Å². The second-order valence-corrected chi connectivity index (χ2v) is 6.22. The zero-order chi connectivity index (χ0) is 21.9. The number of halogens is 2. The van der Waals surface area contributed by atoms with Crippen LogP contribution >= 0.6 is 11.6 Å². The maximum Gasteiger partial charge on any atom is 0.355 e. The van der Waals surface area contributed by atoms with Gasteiger partial charge in [-0.3, -0.25) is 9.78 Å². The van der Waals surface area contributed by atoms with Crippen molar-refractivity contribution in [3.63, 3.8) is 0 Å². The molecule has 7 nitrogen and oxygen atoms in total. The summed E-state index contributed by atoms with van der Waals surface area (Å²) in [6, 6.07) is 9.21. The van der Waals surface area contributed by atoms with E-state index in [1.54, 1.807) is 31.3 Å². The molecule has 0 spiro atoms. The van der Waals surface area contributed by atoms with Crippen LogP contribution < -0.4 is 10.6 Å². The van der Waals surface area contributed by atoms with Gasteiger partial charge in [0.2, 0.25) is 0 Å². The molecule has 2 rings (SSSR count). The van der Waals surface area contributed by atoms with E-state index in [9.17, 15) is 14.0 Å². The second kappa shape index (κ2) is 11.6. The van der Waals surface area contributed by atoms with Crippen molar-refractivity contribution in [1.29, 1.82) is 0 Å². The SMILES string of the molecule is CCOC(=O)C(/C=C/N/C(=C/Nc1ccc(F)c(Cl)c1)C(=O)OC)c1ccccn1. The number of nitrogens with one attached hydrogen (secondary N) is 2. The fourth-order valence-electron chi connectivity index (χ4n) is 2.33. The van der Waals surface area contributed by atoms with Gasteiger partial charge < -0.3 is 20.1 Å². The first-order valence-corrected chi connectivity index (χ1v) is 9.35. The fourth-order valence-corrected chi connectivity index (χ4v) is 2.52. The highest BCUT2D eigenvalue weighted by molar-refractivity contribution is 6.31. The number of carbonyl (C=O) groups is 2. The lowest BCUT2D eigenvalue weighted by Crippen LogP contribution is -2.20. The predicted molar refractivity (Wildman–Crippen MR) is 111 cm³/mol. The van der Waals surface area contributed by atoms with Crippen LogP contribution in [0.1, 0.15) is 18.5 Å². The first-order valence-electron chi connectivity index (χ1n) is 8.97. The molecule has 0 radical (unpaired) electrons. The maximum absolute atomic E-state index is 13.3. The van der Waals surface area contributed by atoms with E-state index in [1.807, 2.05) is 0 Å². The summed E-state index contributed by atoms with van der Waals surface area (Å²) in [5.41, 5.74) is 1.00. The number of anilines is 1. The quantitative estimate of drug-likeness (QED) is 0.459. The highest BCUT2D eigenvalue weighted by Crippen LogP contribution is 2.20. The Kier molecular flexibility index (Phi) is 8.83. The molecule has 2 aromatic rings. The number of hydrogen-bond donors (Lipinski definition) is 2. The number of ether oxygens (including phenoxy) is 2. The van der Waals surface area contributed by atoms with Crippen LogP contribution in [0.4, 0.5) is 10.1 Å². The van der Waals surface area contributed by atoms with E-state index in [4.69, 9.17) is 21.1 Å². The third-order valence-electron chi connectivity index (χ3n) is 3.78. The molecule has 1 atom stereocenters. The molecule has 9 heteroatoms. The lowest BCUT2D eigenvalue weighted by atomic mass is 10.1. The Hall–Kier alpha value is -3.39. The summed E-state index contributed by atoms with van der Waals surface area (Å²) in [6.45, 7) is 1.93. The molecule has 0 fully saturated rings. The molecule has 158 valence electrons. The lowest BCUT2D eigenvalue weighted by molar-refractivity contribution is -0.143. The Balaban J connectivity index is 2.17. The zero-order valence-corrected chi connectivity index (χ0v) is 17.2. The first-order chi connectivity index (χ1) is 14.5. The number of hydrogen-bond acceptors (Lipinski definition) is 7. The van der Waals surface area contributed by atoms with Crippen LogP contribution in [0.5, 0.6) is 0 Å². The molecule has 1 heterocycles. The molecule has 1 aromatic carbocycles. The van der Waals surface area contributed by atoms with Crippen LogP contribution in [0.3, 0.4) is 0 Å². The molecule has 0 bridgehead atoms. The topological polar surface area (TPSA) is 89.6 Å². The Labute approximate surface area is 178 Å². The smallest absolute Gasteiger partial charge is 0.355 e. The van der Waals surface area contributed by atoms with Crippen molar-refractivity contribution in [2.45, 2.75) is 12.8 Å². The minimum Gasteiger partial charge on any atom is -0.465 e. The van der Waals surface area contributed by atoms with Gasteiger partial charge in [-0.1, -0.05) is 17.7 Å². The maximum atomic E-state index is 13.3. The zero-order valence-electron chi connectivity index (χ0n) is 16.4. The molecule has 1 aromatic heterocycles. The molecule has 2 N–H and O–H groups in total. The number of nitrogens with zero attached hydrogens (tertiary/aromatic N) is 1. The number of benzene rings is 1. The molecule has 0 aliphatic carbocycles. The minimum absolute atomic E-state index is 0.0397. The predicted octanol–water partition coefficient (Wildman–Crippen LogP) is 3.75. The third kappa shape index (κ3) is 6.59. The number of pyridine rings is 1. The number of esters is 2. The van der Waals surface area contributed by atoms with E-state index in [1.165, 1.54) is 43.8 Å². The minimum atomic E-state index is -0.763. The summed E-state index contributed by atoms with van der Waals surface area (Å²) in [6.07, 6.45) is 5.84. The van der Waals surface area contributed by atoms with Crippen LogP contribution in [-0.2, 0) is 19.1 Å². The third-order valence-corrected chi connectivity index (χ3v) is 4.07. The highest BCUT2D eigenvalue weighted by atomic mass is 35.5.